The van der Waals surface area contributed by atoms with E-state index in [2.05, 4.69) is 48.9 Å². The first kappa shape index (κ1) is 18.2. The molecule has 1 aromatic carbocycles. The highest BCUT2D eigenvalue weighted by Gasteiger charge is 2.14. The number of anilines is 1. The van der Waals surface area contributed by atoms with Gasteiger partial charge in [0.05, 0.1) is 5.69 Å². The smallest absolute Gasteiger partial charge is 0.224 e. The minimum Gasteiger partial charge on any atom is -0.326 e. The molecule has 0 saturated carbocycles. The van der Waals surface area contributed by atoms with Crippen molar-refractivity contribution >= 4 is 11.6 Å². The zero-order chi connectivity index (χ0) is 17.7. The number of amides is 1. The molecule has 0 saturated heterocycles. The van der Waals surface area contributed by atoms with E-state index in [9.17, 15) is 4.79 Å². The second-order valence-electron chi connectivity index (χ2n) is 6.78. The molecule has 1 amide bonds. The number of aryl methyl sites for hydroxylation is 2. The number of para-hydroxylation sites is 1. The normalized spacial score (nSPS) is 11.1. The third-order valence-electron chi connectivity index (χ3n) is 4.34. The third-order valence-corrected chi connectivity index (χ3v) is 4.34. The molecule has 2 aromatic rings. The third kappa shape index (κ3) is 4.47. The van der Waals surface area contributed by atoms with Crippen LogP contribution in [0.15, 0.2) is 24.3 Å². The number of aromatic nitrogens is 2. The number of hydrogen-bond donors (Lipinski definition) is 1. The first-order valence-corrected chi connectivity index (χ1v) is 8.83. The van der Waals surface area contributed by atoms with Crippen molar-refractivity contribution in [1.29, 1.82) is 0 Å². The molecule has 1 aromatic heterocycles. The van der Waals surface area contributed by atoms with Crippen LogP contribution in [0.5, 0.6) is 0 Å². The zero-order valence-corrected chi connectivity index (χ0v) is 15.5. The molecule has 0 aliphatic rings. The lowest BCUT2D eigenvalue weighted by atomic mass is 10.1. The maximum absolute atomic E-state index is 12.3. The Morgan fingerprint density at radius 2 is 1.96 bits per heavy atom. The predicted molar refractivity (Wildman–Crippen MR) is 99.3 cm³/mol. The summed E-state index contributed by atoms with van der Waals surface area (Å²) in [6.45, 7) is 11.5. The van der Waals surface area contributed by atoms with Crippen LogP contribution in [0.4, 0.5) is 5.69 Å². The molecule has 0 spiro atoms. The van der Waals surface area contributed by atoms with Crippen molar-refractivity contribution in [2.45, 2.75) is 60.4 Å². The van der Waals surface area contributed by atoms with Gasteiger partial charge in [-0.1, -0.05) is 39.0 Å². The van der Waals surface area contributed by atoms with Gasteiger partial charge in [0, 0.05) is 24.3 Å². The van der Waals surface area contributed by atoms with E-state index in [0.29, 0.717) is 12.3 Å². The van der Waals surface area contributed by atoms with E-state index < -0.39 is 0 Å². The van der Waals surface area contributed by atoms with Crippen molar-refractivity contribution in [2.24, 2.45) is 5.92 Å². The molecule has 2 rings (SSSR count). The van der Waals surface area contributed by atoms with Crippen LogP contribution >= 0.6 is 0 Å². The minimum absolute atomic E-state index is 0.0614. The summed E-state index contributed by atoms with van der Waals surface area (Å²) < 4.78 is 2.07. The minimum atomic E-state index is 0.0614. The fourth-order valence-corrected chi connectivity index (χ4v) is 3.02. The SMILES string of the molecule is CCc1ccccc1NC(=O)CCc1c(C)nn(CC(C)C)c1C. The lowest BCUT2D eigenvalue weighted by molar-refractivity contribution is -0.116. The molecule has 0 atom stereocenters. The van der Waals surface area contributed by atoms with Crippen molar-refractivity contribution in [3.63, 3.8) is 0 Å². The van der Waals surface area contributed by atoms with Crippen molar-refractivity contribution in [3.8, 4) is 0 Å². The van der Waals surface area contributed by atoms with E-state index in [1.54, 1.807) is 0 Å². The average molecular weight is 327 g/mol. The molecule has 0 aliphatic carbocycles. The number of nitrogens with zero attached hydrogens (tertiary/aromatic N) is 2. The Morgan fingerprint density at radius 1 is 1.25 bits per heavy atom. The Kier molecular flexibility index (Phi) is 6.18. The van der Waals surface area contributed by atoms with E-state index in [1.807, 2.05) is 25.1 Å². The molecular weight excluding hydrogens is 298 g/mol. The fraction of sp³-hybridized carbons (Fsp3) is 0.500. The van der Waals surface area contributed by atoms with Crippen LogP contribution in [0.2, 0.25) is 0 Å². The highest BCUT2D eigenvalue weighted by Crippen LogP contribution is 2.18. The van der Waals surface area contributed by atoms with Crippen LogP contribution in [0.3, 0.4) is 0 Å². The Labute approximate surface area is 145 Å². The number of carbonyl (C=O) groups is 1. The average Bonchev–Trinajstić information content (AvgIpc) is 2.79. The van der Waals surface area contributed by atoms with Gasteiger partial charge in [0.1, 0.15) is 0 Å². The molecule has 0 aliphatic heterocycles. The zero-order valence-electron chi connectivity index (χ0n) is 15.5. The summed E-state index contributed by atoms with van der Waals surface area (Å²) >= 11 is 0. The fourth-order valence-electron chi connectivity index (χ4n) is 3.02. The number of benzene rings is 1. The van der Waals surface area contributed by atoms with Gasteiger partial charge in [-0.25, -0.2) is 0 Å². The molecule has 4 nitrogen and oxygen atoms in total. The highest BCUT2D eigenvalue weighted by molar-refractivity contribution is 5.91. The summed E-state index contributed by atoms with van der Waals surface area (Å²) in [4.78, 5) is 12.3. The topological polar surface area (TPSA) is 46.9 Å². The number of hydrogen-bond acceptors (Lipinski definition) is 2. The van der Waals surface area contributed by atoms with E-state index in [0.717, 1.165) is 30.8 Å². The summed E-state index contributed by atoms with van der Waals surface area (Å²) in [6.07, 6.45) is 2.12. The van der Waals surface area contributed by atoms with E-state index in [-0.39, 0.29) is 5.91 Å². The predicted octanol–water partition coefficient (Wildman–Crippen LogP) is 4.29. The Bertz CT molecular complexity index is 701. The van der Waals surface area contributed by atoms with Gasteiger partial charge in [-0.2, -0.15) is 5.10 Å². The highest BCUT2D eigenvalue weighted by atomic mass is 16.1. The van der Waals surface area contributed by atoms with Crippen LogP contribution in [0.25, 0.3) is 0 Å². The van der Waals surface area contributed by atoms with Gasteiger partial charge < -0.3 is 5.32 Å². The van der Waals surface area contributed by atoms with Crippen LogP contribution in [0.1, 0.15) is 49.7 Å². The molecule has 130 valence electrons. The van der Waals surface area contributed by atoms with E-state index in [4.69, 9.17) is 0 Å². The molecule has 1 N–H and O–H groups in total. The maximum Gasteiger partial charge on any atom is 0.224 e. The summed E-state index contributed by atoms with van der Waals surface area (Å²) in [6, 6.07) is 7.98. The van der Waals surface area contributed by atoms with Gasteiger partial charge in [0.15, 0.2) is 0 Å². The van der Waals surface area contributed by atoms with Crippen LogP contribution in [-0.4, -0.2) is 15.7 Å². The van der Waals surface area contributed by atoms with E-state index >= 15 is 0 Å². The van der Waals surface area contributed by atoms with Gasteiger partial charge in [0.2, 0.25) is 5.91 Å². The molecule has 0 fully saturated rings. The lowest BCUT2D eigenvalue weighted by Crippen LogP contribution is -2.14. The first-order chi connectivity index (χ1) is 11.4. The molecule has 24 heavy (non-hydrogen) atoms. The summed E-state index contributed by atoms with van der Waals surface area (Å²) in [5, 5.41) is 7.67. The maximum atomic E-state index is 12.3. The standard InChI is InChI=1S/C20H29N3O/c1-6-17-9-7-8-10-19(17)21-20(24)12-11-18-15(4)22-23(16(18)5)13-14(2)3/h7-10,14H,6,11-13H2,1-5H3,(H,21,24). The number of nitrogens with one attached hydrogen (secondary N) is 1. The molecule has 0 radical (unpaired) electrons. The van der Waals surface area contributed by atoms with Gasteiger partial charge in [-0.15, -0.1) is 0 Å². The molecular formula is C20H29N3O. The Morgan fingerprint density at radius 3 is 2.62 bits per heavy atom. The quantitative estimate of drug-likeness (QED) is 0.824. The summed E-state index contributed by atoms with van der Waals surface area (Å²) in [5.74, 6) is 0.621. The van der Waals surface area contributed by atoms with Crippen LogP contribution < -0.4 is 5.32 Å². The summed E-state index contributed by atoms with van der Waals surface area (Å²) in [7, 11) is 0. The van der Waals surface area contributed by atoms with Gasteiger partial charge in [-0.3, -0.25) is 9.48 Å². The number of carbonyl (C=O) groups excluding carboxylic acids is 1. The van der Waals surface area contributed by atoms with Crippen molar-refractivity contribution in [3.05, 3.63) is 46.8 Å². The second kappa shape index (κ2) is 8.13. The van der Waals surface area contributed by atoms with E-state index in [1.165, 1.54) is 16.8 Å². The Balaban J connectivity index is 2.00. The second-order valence-corrected chi connectivity index (χ2v) is 6.78. The van der Waals surface area contributed by atoms with Gasteiger partial charge >= 0.3 is 0 Å². The monoisotopic (exact) mass is 327 g/mol. The molecule has 4 heteroatoms. The van der Waals surface area contributed by atoms with Crippen LogP contribution in [0, 0.1) is 19.8 Å². The molecule has 0 bridgehead atoms. The van der Waals surface area contributed by atoms with Gasteiger partial charge in [0.25, 0.3) is 0 Å². The van der Waals surface area contributed by atoms with Crippen molar-refractivity contribution < 1.29 is 4.79 Å². The lowest BCUT2D eigenvalue weighted by Gasteiger charge is -2.10. The summed E-state index contributed by atoms with van der Waals surface area (Å²) in [5.41, 5.74) is 5.52. The largest absolute Gasteiger partial charge is 0.326 e. The first-order valence-electron chi connectivity index (χ1n) is 8.83. The number of rotatable bonds is 7. The van der Waals surface area contributed by atoms with Gasteiger partial charge in [-0.05, 0) is 49.8 Å². The Hall–Kier alpha value is -2.10. The molecule has 0 unspecified atom stereocenters. The molecule has 1 heterocycles. The van der Waals surface area contributed by atoms with Crippen molar-refractivity contribution in [1.82, 2.24) is 9.78 Å². The van der Waals surface area contributed by atoms with Crippen LogP contribution in [-0.2, 0) is 24.2 Å². The van der Waals surface area contributed by atoms with Crippen molar-refractivity contribution in [2.75, 3.05) is 5.32 Å².